The number of hydrogen-bond acceptors (Lipinski definition) is 3. The summed E-state index contributed by atoms with van der Waals surface area (Å²) in [6, 6.07) is 8.90. The SMILES string of the molecule is CN1C(CN)Cc2ncn(C)c2C1c1ccccc1Br. The first-order chi connectivity index (χ1) is 9.63. The van der Waals surface area contributed by atoms with E-state index in [9.17, 15) is 0 Å². The van der Waals surface area contributed by atoms with Gasteiger partial charge in [-0.05, 0) is 18.7 Å². The Morgan fingerprint density at radius 1 is 1.35 bits per heavy atom. The van der Waals surface area contributed by atoms with Crippen LogP contribution in [-0.2, 0) is 13.5 Å². The molecule has 0 radical (unpaired) electrons. The molecule has 5 heteroatoms. The maximum atomic E-state index is 5.95. The summed E-state index contributed by atoms with van der Waals surface area (Å²) in [5.41, 5.74) is 9.65. The van der Waals surface area contributed by atoms with Crippen molar-refractivity contribution in [3.8, 4) is 0 Å². The molecule has 1 aromatic carbocycles. The third-order valence-electron chi connectivity index (χ3n) is 4.21. The first-order valence-corrected chi connectivity index (χ1v) is 7.59. The number of benzene rings is 1. The second kappa shape index (κ2) is 5.31. The van der Waals surface area contributed by atoms with E-state index < -0.39 is 0 Å². The van der Waals surface area contributed by atoms with E-state index in [2.05, 4.69) is 62.7 Å². The summed E-state index contributed by atoms with van der Waals surface area (Å²) in [6.07, 6.45) is 2.82. The summed E-state index contributed by atoms with van der Waals surface area (Å²) >= 11 is 3.68. The normalized spacial score (nSPS) is 22.8. The van der Waals surface area contributed by atoms with Crippen LogP contribution < -0.4 is 5.73 Å². The van der Waals surface area contributed by atoms with Crippen molar-refractivity contribution in [2.45, 2.75) is 18.5 Å². The van der Waals surface area contributed by atoms with E-state index in [0.717, 1.165) is 10.9 Å². The smallest absolute Gasteiger partial charge is 0.0949 e. The third kappa shape index (κ3) is 2.10. The van der Waals surface area contributed by atoms with Gasteiger partial charge in [0.05, 0.1) is 23.8 Å². The van der Waals surface area contributed by atoms with E-state index >= 15 is 0 Å². The molecule has 0 fully saturated rings. The number of nitrogens with two attached hydrogens (primary N) is 1. The number of nitrogens with zero attached hydrogens (tertiary/aromatic N) is 3. The summed E-state index contributed by atoms with van der Waals surface area (Å²) in [5.74, 6) is 0. The predicted octanol–water partition coefficient (Wildman–Crippen LogP) is 2.09. The Hall–Kier alpha value is -1.17. The molecule has 2 heterocycles. The average molecular weight is 335 g/mol. The Morgan fingerprint density at radius 2 is 2.10 bits per heavy atom. The molecule has 0 saturated carbocycles. The second-order valence-electron chi connectivity index (χ2n) is 5.37. The average Bonchev–Trinajstić information content (AvgIpc) is 2.81. The van der Waals surface area contributed by atoms with Crippen LogP contribution in [0.15, 0.2) is 35.1 Å². The number of hydrogen-bond donors (Lipinski definition) is 1. The van der Waals surface area contributed by atoms with Crippen LogP contribution in [0.5, 0.6) is 0 Å². The van der Waals surface area contributed by atoms with Gasteiger partial charge in [-0.15, -0.1) is 0 Å². The van der Waals surface area contributed by atoms with E-state index in [4.69, 9.17) is 5.73 Å². The molecule has 1 aliphatic heterocycles. The van der Waals surface area contributed by atoms with Gasteiger partial charge < -0.3 is 10.3 Å². The van der Waals surface area contributed by atoms with Gasteiger partial charge in [0.2, 0.25) is 0 Å². The molecule has 0 aliphatic carbocycles. The van der Waals surface area contributed by atoms with E-state index in [-0.39, 0.29) is 6.04 Å². The van der Waals surface area contributed by atoms with Crippen LogP contribution in [0, 0.1) is 0 Å². The Bertz CT molecular complexity index is 622. The zero-order chi connectivity index (χ0) is 14.3. The van der Waals surface area contributed by atoms with Gasteiger partial charge in [-0.2, -0.15) is 0 Å². The largest absolute Gasteiger partial charge is 0.336 e. The molecule has 0 amide bonds. The minimum absolute atomic E-state index is 0.190. The van der Waals surface area contributed by atoms with Crippen molar-refractivity contribution < 1.29 is 0 Å². The van der Waals surface area contributed by atoms with Crippen LogP contribution in [0.25, 0.3) is 0 Å². The van der Waals surface area contributed by atoms with Crippen LogP contribution >= 0.6 is 15.9 Å². The summed E-state index contributed by atoms with van der Waals surface area (Å²) in [4.78, 5) is 6.92. The zero-order valence-corrected chi connectivity index (χ0v) is 13.3. The highest BCUT2D eigenvalue weighted by Gasteiger charge is 2.35. The highest BCUT2D eigenvalue weighted by atomic mass is 79.9. The topological polar surface area (TPSA) is 47.1 Å². The van der Waals surface area contributed by atoms with Gasteiger partial charge in [0.25, 0.3) is 0 Å². The fraction of sp³-hybridized carbons (Fsp3) is 0.400. The predicted molar refractivity (Wildman–Crippen MR) is 83.5 cm³/mol. The van der Waals surface area contributed by atoms with Crippen LogP contribution in [-0.4, -0.2) is 34.1 Å². The van der Waals surface area contributed by atoms with Crippen molar-refractivity contribution in [2.75, 3.05) is 13.6 Å². The Labute approximate surface area is 127 Å². The fourth-order valence-corrected chi connectivity index (χ4v) is 3.58. The van der Waals surface area contributed by atoms with Crippen LogP contribution in [0.2, 0.25) is 0 Å². The van der Waals surface area contributed by atoms with Gasteiger partial charge in [-0.25, -0.2) is 4.98 Å². The monoisotopic (exact) mass is 334 g/mol. The molecule has 1 aliphatic rings. The van der Waals surface area contributed by atoms with E-state index in [1.165, 1.54) is 17.0 Å². The molecular formula is C15H19BrN4. The summed E-state index contributed by atoms with van der Waals surface area (Å²) in [6.45, 7) is 0.646. The Kier molecular flexibility index (Phi) is 3.67. The number of imidazole rings is 1. The van der Waals surface area contributed by atoms with Gasteiger partial charge >= 0.3 is 0 Å². The number of aryl methyl sites for hydroxylation is 1. The van der Waals surface area contributed by atoms with Crippen molar-refractivity contribution in [1.82, 2.24) is 14.5 Å². The number of fused-ring (bicyclic) bond motifs is 1. The molecule has 0 spiro atoms. The molecule has 4 nitrogen and oxygen atoms in total. The standard InChI is InChI=1S/C15H19BrN4/c1-19-9-18-13-7-10(8-17)20(2)14(15(13)19)11-5-3-4-6-12(11)16/h3-6,9-10,14H,7-8,17H2,1-2H3. The minimum atomic E-state index is 0.190. The maximum Gasteiger partial charge on any atom is 0.0949 e. The lowest BCUT2D eigenvalue weighted by Crippen LogP contribution is -2.46. The molecular weight excluding hydrogens is 316 g/mol. The van der Waals surface area contributed by atoms with Crippen molar-refractivity contribution in [1.29, 1.82) is 0 Å². The number of likely N-dealkylation sites (N-methyl/N-ethyl adjacent to an activating group) is 1. The first kappa shape index (κ1) is 13.8. The molecule has 0 bridgehead atoms. The molecule has 1 aromatic heterocycles. The van der Waals surface area contributed by atoms with Crippen LogP contribution in [0.1, 0.15) is 23.0 Å². The van der Waals surface area contributed by atoms with Gasteiger partial charge in [0.1, 0.15) is 0 Å². The maximum absolute atomic E-state index is 5.95. The van der Waals surface area contributed by atoms with Gasteiger partial charge in [-0.1, -0.05) is 34.1 Å². The second-order valence-corrected chi connectivity index (χ2v) is 6.22. The molecule has 2 aromatic rings. The van der Waals surface area contributed by atoms with Crippen molar-refractivity contribution >= 4 is 15.9 Å². The Balaban J connectivity index is 2.16. The Morgan fingerprint density at radius 3 is 2.80 bits per heavy atom. The van der Waals surface area contributed by atoms with Crippen molar-refractivity contribution in [3.63, 3.8) is 0 Å². The number of rotatable bonds is 2. The van der Waals surface area contributed by atoms with E-state index in [1.807, 2.05) is 12.4 Å². The molecule has 3 rings (SSSR count). The van der Waals surface area contributed by atoms with Crippen LogP contribution in [0.4, 0.5) is 0 Å². The number of halogens is 1. The van der Waals surface area contributed by atoms with Gasteiger partial charge in [-0.3, -0.25) is 4.90 Å². The first-order valence-electron chi connectivity index (χ1n) is 6.80. The third-order valence-corrected chi connectivity index (χ3v) is 4.93. The quantitative estimate of drug-likeness (QED) is 0.914. The molecule has 106 valence electrons. The lowest BCUT2D eigenvalue weighted by atomic mass is 9.91. The molecule has 2 N–H and O–H groups in total. The van der Waals surface area contributed by atoms with E-state index in [0.29, 0.717) is 12.6 Å². The highest BCUT2D eigenvalue weighted by Crippen LogP contribution is 2.38. The molecule has 2 unspecified atom stereocenters. The van der Waals surface area contributed by atoms with Gasteiger partial charge in [0.15, 0.2) is 0 Å². The summed E-state index contributed by atoms with van der Waals surface area (Å²) < 4.78 is 3.25. The van der Waals surface area contributed by atoms with Crippen molar-refractivity contribution in [3.05, 3.63) is 52.0 Å². The molecule has 2 atom stereocenters. The summed E-state index contributed by atoms with van der Waals surface area (Å²) in [7, 11) is 4.21. The molecule has 0 saturated heterocycles. The molecule has 20 heavy (non-hydrogen) atoms. The van der Waals surface area contributed by atoms with Crippen LogP contribution in [0.3, 0.4) is 0 Å². The fourth-order valence-electron chi connectivity index (χ4n) is 3.08. The lowest BCUT2D eigenvalue weighted by molar-refractivity contribution is 0.177. The summed E-state index contributed by atoms with van der Waals surface area (Å²) in [5, 5.41) is 0. The van der Waals surface area contributed by atoms with Crippen molar-refractivity contribution in [2.24, 2.45) is 12.8 Å². The van der Waals surface area contributed by atoms with Gasteiger partial charge in [0, 0.05) is 30.5 Å². The van der Waals surface area contributed by atoms with E-state index in [1.54, 1.807) is 0 Å². The highest BCUT2D eigenvalue weighted by molar-refractivity contribution is 9.10. The minimum Gasteiger partial charge on any atom is -0.336 e. The number of aromatic nitrogens is 2. The lowest BCUT2D eigenvalue weighted by Gasteiger charge is -2.39. The zero-order valence-electron chi connectivity index (χ0n) is 11.8.